The van der Waals surface area contributed by atoms with Crippen LogP contribution in [0.3, 0.4) is 0 Å². The molecule has 0 aliphatic heterocycles. The standard InChI is InChI=1S/C25H36/c1-8-9-10-11-21-13-15-23(20(7)25(21)18(4)5)24-16-19(6)12-14-22(24)17(2)3/h13,15-16,22,24H,2,4,8-12,14H2,1,3,5-7H3. The topological polar surface area (TPSA) is 0 Å². The van der Waals surface area contributed by atoms with Crippen LogP contribution in [0.1, 0.15) is 88.0 Å². The van der Waals surface area contributed by atoms with E-state index in [2.05, 4.69) is 66.0 Å². The van der Waals surface area contributed by atoms with Crippen molar-refractivity contribution in [2.24, 2.45) is 5.92 Å². The van der Waals surface area contributed by atoms with Gasteiger partial charge in [0.2, 0.25) is 0 Å². The van der Waals surface area contributed by atoms with Crippen LogP contribution in [0.5, 0.6) is 0 Å². The van der Waals surface area contributed by atoms with E-state index >= 15 is 0 Å². The normalized spacial score (nSPS) is 20.3. The van der Waals surface area contributed by atoms with Gasteiger partial charge in [0.1, 0.15) is 0 Å². The van der Waals surface area contributed by atoms with Crippen LogP contribution in [0.15, 0.2) is 42.5 Å². The smallest absolute Gasteiger partial charge is 0.00887 e. The summed E-state index contributed by atoms with van der Waals surface area (Å²) >= 11 is 0. The summed E-state index contributed by atoms with van der Waals surface area (Å²) in [5.74, 6) is 1.03. The SMILES string of the molecule is C=C(C)c1c(CCCCC)ccc(C2C=C(C)CCC2C(=C)C)c1C. The molecule has 0 radical (unpaired) electrons. The van der Waals surface area contributed by atoms with Gasteiger partial charge in [0.05, 0.1) is 0 Å². The number of benzene rings is 1. The molecular formula is C25H36. The van der Waals surface area contributed by atoms with E-state index in [1.807, 2.05) is 0 Å². The van der Waals surface area contributed by atoms with Crippen molar-refractivity contribution in [2.75, 3.05) is 0 Å². The molecule has 0 bridgehead atoms. The van der Waals surface area contributed by atoms with Crippen molar-refractivity contribution in [3.63, 3.8) is 0 Å². The highest BCUT2D eigenvalue weighted by Crippen LogP contribution is 2.42. The quantitative estimate of drug-likeness (QED) is 0.352. The lowest BCUT2D eigenvalue weighted by Gasteiger charge is -2.32. The summed E-state index contributed by atoms with van der Waals surface area (Å²) in [6, 6.07) is 4.76. The van der Waals surface area contributed by atoms with Crippen LogP contribution in [-0.2, 0) is 6.42 Å². The Hall–Kier alpha value is -1.56. The second kappa shape index (κ2) is 8.70. The highest BCUT2D eigenvalue weighted by molar-refractivity contribution is 5.69. The molecule has 1 aliphatic carbocycles. The molecule has 0 fully saturated rings. The zero-order valence-corrected chi connectivity index (χ0v) is 17.0. The number of hydrogen-bond donors (Lipinski definition) is 0. The summed E-state index contributed by atoms with van der Waals surface area (Å²) < 4.78 is 0. The van der Waals surface area contributed by atoms with E-state index in [0.717, 1.165) is 0 Å². The zero-order valence-electron chi connectivity index (χ0n) is 17.0. The van der Waals surface area contributed by atoms with Crippen molar-refractivity contribution >= 4 is 5.57 Å². The summed E-state index contributed by atoms with van der Waals surface area (Å²) in [4.78, 5) is 0. The average Bonchev–Trinajstić information content (AvgIpc) is 2.54. The fourth-order valence-corrected chi connectivity index (χ4v) is 4.44. The van der Waals surface area contributed by atoms with E-state index in [-0.39, 0.29) is 0 Å². The minimum atomic E-state index is 0.467. The maximum absolute atomic E-state index is 4.30. The molecule has 0 saturated heterocycles. The lowest BCUT2D eigenvalue weighted by molar-refractivity contribution is 0.482. The van der Waals surface area contributed by atoms with E-state index in [0.29, 0.717) is 11.8 Å². The van der Waals surface area contributed by atoms with Crippen molar-refractivity contribution in [3.8, 4) is 0 Å². The molecule has 1 aromatic carbocycles. The van der Waals surface area contributed by atoms with Crippen molar-refractivity contribution in [1.82, 2.24) is 0 Å². The molecule has 2 atom stereocenters. The number of unbranched alkanes of at least 4 members (excludes halogenated alkanes) is 2. The van der Waals surface area contributed by atoms with E-state index < -0.39 is 0 Å². The number of hydrogen-bond acceptors (Lipinski definition) is 0. The second-order valence-electron chi connectivity index (χ2n) is 8.08. The van der Waals surface area contributed by atoms with Crippen molar-refractivity contribution in [3.05, 3.63) is 64.8 Å². The van der Waals surface area contributed by atoms with Gasteiger partial charge in [-0.05, 0) is 81.5 Å². The first-order valence-corrected chi connectivity index (χ1v) is 9.97. The first kappa shape index (κ1) is 19.8. The number of aryl methyl sites for hydroxylation is 1. The Morgan fingerprint density at radius 2 is 1.84 bits per heavy atom. The minimum Gasteiger partial charge on any atom is -0.0998 e. The van der Waals surface area contributed by atoms with Crippen molar-refractivity contribution < 1.29 is 0 Å². The van der Waals surface area contributed by atoms with Gasteiger partial charge in [-0.2, -0.15) is 0 Å². The third-order valence-electron chi connectivity index (χ3n) is 5.81. The lowest BCUT2D eigenvalue weighted by Crippen LogP contribution is -2.18. The van der Waals surface area contributed by atoms with Gasteiger partial charge < -0.3 is 0 Å². The predicted octanol–water partition coefficient (Wildman–Crippen LogP) is 7.78. The summed E-state index contributed by atoms with van der Waals surface area (Å²) in [6.45, 7) is 19.8. The van der Waals surface area contributed by atoms with Gasteiger partial charge in [0.15, 0.2) is 0 Å². The van der Waals surface area contributed by atoms with Crippen molar-refractivity contribution in [2.45, 2.75) is 79.1 Å². The van der Waals surface area contributed by atoms with Gasteiger partial charge in [-0.25, -0.2) is 0 Å². The zero-order chi connectivity index (χ0) is 18.6. The summed E-state index contributed by atoms with van der Waals surface area (Å²) in [5, 5.41) is 0. The van der Waals surface area contributed by atoms with Gasteiger partial charge >= 0.3 is 0 Å². The molecule has 2 unspecified atom stereocenters. The van der Waals surface area contributed by atoms with Crippen LogP contribution < -0.4 is 0 Å². The largest absolute Gasteiger partial charge is 0.0998 e. The van der Waals surface area contributed by atoms with Gasteiger partial charge in [-0.15, -0.1) is 0 Å². The third kappa shape index (κ3) is 4.54. The molecule has 0 heterocycles. The Morgan fingerprint density at radius 1 is 1.12 bits per heavy atom. The monoisotopic (exact) mass is 336 g/mol. The van der Waals surface area contributed by atoms with Gasteiger partial charge in [0.25, 0.3) is 0 Å². The Kier molecular flexibility index (Phi) is 6.87. The first-order chi connectivity index (χ1) is 11.9. The maximum atomic E-state index is 4.30. The van der Waals surface area contributed by atoms with Crippen LogP contribution in [0.2, 0.25) is 0 Å². The molecule has 2 rings (SSSR count). The molecule has 1 aliphatic rings. The fourth-order valence-electron chi connectivity index (χ4n) is 4.44. The molecule has 0 amide bonds. The second-order valence-corrected chi connectivity index (χ2v) is 8.08. The van der Waals surface area contributed by atoms with Crippen LogP contribution >= 0.6 is 0 Å². The molecule has 136 valence electrons. The molecule has 1 aromatic rings. The summed E-state index contributed by atoms with van der Waals surface area (Å²) in [6.07, 6.45) is 9.93. The number of rotatable bonds is 7. The van der Waals surface area contributed by atoms with Crippen LogP contribution in [0, 0.1) is 12.8 Å². The Labute approximate surface area is 155 Å². The number of allylic oxidation sites excluding steroid dienone is 4. The Balaban J connectivity index is 2.47. The fraction of sp³-hybridized carbons (Fsp3) is 0.520. The predicted molar refractivity (Wildman–Crippen MR) is 113 cm³/mol. The highest BCUT2D eigenvalue weighted by Gasteiger charge is 2.27. The summed E-state index contributed by atoms with van der Waals surface area (Å²) in [7, 11) is 0. The van der Waals surface area contributed by atoms with E-state index in [4.69, 9.17) is 0 Å². The molecule has 0 saturated carbocycles. The van der Waals surface area contributed by atoms with E-state index in [1.165, 1.54) is 77.5 Å². The van der Waals surface area contributed by atoms with Gasteiger partial charge in [-0.1, -0.05) is 67.9 Å². The van der Waals surface area contributed by atoms with E-state index in [9.17, 15) is 0 Å². The first-order valence-electron chi connectivity index (χ1n) is 9.97. The average molecular weight is 337 g/mol. The molecule has 0 aromatic heterocycles. The van der Waals surface area contributed by atoms with Crippen molar-refractivity contribution in [1.29, 1.82) is 0 Å². The molecule has 0 nitrogen and oxygen atoms in total. The Bertz CT molecular complexity index is 672. The van der Waals surface area contributed by atoms with Crippen LogP contribution in [-0.4, -0.2) is 0 Å². The van der Waals surface area contributed by atoms with Gasteiger partial charge in [-0.3, -0.25) is 0 Å². The lowest BCUT2D eigenvalue weighted by atomic mass is 9.72. The Morgan fingerprint density at radius 3 is 2.44 bits per heavy atom. The maximum Gasteiger partial charge on any atom is 0.00887 e. The summed E-state index contributed by atoms with van der Waals surface area (Å²) in [5.41, 5.74) is 9.83. The van der Waals surface area contributed by atoms with Crippen LogP contribution in [0.25, 0.3) is 5.57 Å². The molecule has 0 N–H and O–H groups in total. The molecule has 25 heavy (non-hydrogen) atoms. The molecular weight excluding hydrogens is 300 g/mol. The van der Waals surface area contributed by atoms with E-state index in [1.54, 1.807) is 0 Å². The molecule has 0 spiro atoms. The third-order valence-corrected chi connectivity index (χ3v) is 5.81. The highest BCUT2D eigenvalue weighted by atomic mass is 14.3. The minimum absolute atomic E-state index is 0.467. The van der Waals surface area contributed by atoms with Crippen LogP contribution in [0.4, 0.5) is 0 Å². The van der Waals surface area contributed by atoms with Gasteiger partial charge in [0, 0.05) is 5.92 Å². The molecule has 0 heteroatoms.